The van der Waals surface area contributed by atoms with E-state index in [1.165, 1.54) is 0 Å². The minimum atomic E-state index is -0.202. The smallest absolute Gasteiger partial charge is 0.338 e. The normalized spacial score (nSPS) is 36.4. The SMILES string of the molecule is C[C@@H]1[C@@H](OC(=O)c2ccccc2)CC[C@]2(C)[C@@H]1CC[C@@H]1C[C@H](OC(=O)c3ccccc3)CC[C@@]12C. The van der Waals surface area contributed by atoms with Crippen molar-refractivity contribution in [2.45, 2.75) is 77.9 Å². The Morgan fingerprint density at radius 2 is 1.31 bits per heavy atom. The molecule has 0 N–H and O–H groups in total. The average Bonchev–Trinajstić information content (AvgIpc) is 2.88. The lowest BCUT2D eigenvalue weighted by Gasteiger charge is -2.65. The number of hydrogen-bond acceptors (Lipinski definition) is 4. The molecule has 0 saturated heterocycles. The molecule has 3 saturated carbocycles. The molecule has 7 atom stereocenters. The van der Waals surface area contributed by atoms with E-state index in [1.54, 1.807) is 0 Å². The van der Waals surface area contributed by atoms with Crippen molar-refractivity contribution >= 4 is 11.9 Å². The van der Waals surface area contributed by atoms with Gasteiger partial charge in [-0.25, -0.2) is 9.59 Å². The number of hydrogen-bond donors (Lipinski definition) is 0. The summed E-state index contributed by atoms with van der Waals surface area (Å²) in [4.78, 5) is 25.4. The van der Waals surface area contributed by atoms with E-state index in [9.17, 15) is 9.59 Å². The van der Waals surface area contributed by atoms with Crippen LogP contribution < -0.4 is 0 Å². The number of carbonyl (C=O) groups excluding carboxylic acids is 2. The predicted molar refractivity (Wildman–Crippen MR) is 136 cm³/mol. The maximum Gasteiger partial charge on any atom is 0.338 e. The Kier molecular flexibility index (Phi) is 6.50. The van der Waals surface area contributed by atoms with Crippen molar-refractivity contribution in [3.8, 4) is 0 Å². The molecule has 3 aliphatic rings. The summed E-state index contributed by atoms with van der Waals surface area (Å²) in [5.74, 6) is 1.03. The van der Waals surface area contributed by atoms with Gasteiger partial charge in [0.25, 0.3) is 0 Å². The molecule has 35 heavy (non-hydrogen) atoms. The van der Waals surface area contributed by atoms with Gasteiger partial charge in [-0.05, 0) is 97.8 Å². The van der Waals surface area contributed by atoms with Crippen LogP contribution in [0.5, 0.6) is 0 Å². The van der Waals surface area contributed by atoms with Crippen LogP contribution in [0.3, 0.4) is 0 Å². The van der Waals surface area contributed by atoms with Crippen LogP contribution in [-0.2, 0) is 9.47 Å². The van der Waals surface area contributed by atoms with E-state index in [0.717, 1.165) is 44.9 Å². The van der Waals surface area contributed by atoms with E-state index in [4.69, 9.17) is 9.47 Å². The van der Waals surface area contributed by atoms with Crippen molar-refractivity contribution in [1.82, 2.24) is 0 Å². The average molecular weight is 475 g/mol. The Labute approximate surface area is 209 Å². The zero-order valence-corrected chi connectivity index (χ0v) is 21.2. The van der Waals surface area contributed by atoms with E-state index in [2.05, 4.69) is 20.8 Å². The lowest BCUT2D eigenvalue weighted by molar-refractivity contribution is -0.178. The second-order valence-electron chi connectivity index (χ2n) is 11.6. The number of esters is 2. The maximum absolute atomic E-state index is 12.8. The van der Waals surface area contributed by atoms with Gasteiger partial charge in [-0.3, -0.25) is 0 Å². The molecule has 3 fully saturated rings. The second-order valence-corrected chi connectivity index (χ2v) is 11.6. The molecule has 5 rings (SSSR count). The molecule has 4 nitrogen and oxygen atoms in total. The van der Waals surface area contributed by atoms with Crippen molar-refractivity contribution in [1.29, 1.82) is 0 Å². The Morgan fingerprint density at radius 1 is 0.743 bits per heavy atom. The number of benzene rings is 2. The summed E-state index contributed by atoms with van der Waals surface area (Å²) in [7, 11) is 0. The van der Waals surface area contributed by atoms with Crippen LogP contribution in [0.25, 0.3) is 0 Å². The summed E-state index contributed by atoms with van der Waals surface area (Å²) in [5.41, 5.74) is 1.69. The molecule has 0 bridgehead atoms. The number of fused-ring (bicyclic) bond motifs is 3. The van der Waals surface area contributed by atoms with Crippen molar-refractivity contribution in [3.63, 3.8) is 0 Å². The molecule has 0 radical (unpaired) electrons. The Morgan fingerprint density at radius 3 is 1.94 bits per heavy atom. The molecule has 0 spiro atoms. The van der Waals surface area contributed by atoms with E-state index >= 15 is 0 Å². The molecule has 4 heteroatoms. The van der Waals surface area contributed by atoms with Crippen LogP contribution in [0.2, 0.25) is 0 Å². The van der Waals surface area contributed by atoms with E-state index in [-0.39, 0.29) is 35.0 Å². The molecule has 0 heterocycles. The molecule has 0 aliphatic heterocycles. The highest BCUT2D eigenvalue weighted by Crippen LogP contribution is 2.67. The standard InChI is InChI=1S/C31H38O4/c1-21-26-15-14-24-20-25(34-28(32)22-10-6-4-7-11-22)16-18-30(24,2)31(26,3)19-17-27(21)35-29(33)23-12-8-5-9-13-23/h4-13,21,24-27H,14-20H2,1-3H3/t21-,24+,25+,26+,27-,30-,31+/m0/s1. The monoisotopic (exact) mass is 474 g/mol. The van der Waals surface area contributed by atoms with Crippen molar-refractivity contribution in [2.75, 3.05) is 0 Å². The third-order valence-corrected chi connectivity index (χ3v) is 10.1. The third kappa shape index (κ3) is 4.30. The zero-order valence-electron chi connectivity index (χ0n) is 21.2. The van der Waals surface area contributed by atoms with Crippen LogP contribution in [-0.4, -0.2) is 24.1 Å². The van der Waals surface area contributed by atoms with Crippen LogP contribution in [0.1, 0.15) is 86.4 Å². The molecule has 0 unspecified atom stereocenters. The first-order valence-corrected chi connectivity index (χ1v) is 13.3. The molecular formula is C31H38O4. The fourth-order valence-electron chi connectivity index (χ4n) is 7.80. The molecule has 3 aliphatic carbocycles. The minimum Gasteiger partial charge on any atom is -0.459 e. The van der Waals surface area contributed by atoms with Gasteiger partial charge in [0, 0.05) is 0 Å². The Hall–Kier alpha value is -2.62. The first kappa shape index (κ1) is 24.1. The van der Waals surface area contributed by atoms with Gasteiger partial charge in [-0.2, -0.15) is 0 Å². The van der Waals surface area contributed by atoms with Crippen LogP contribution in [0.15, 0.2) is 60.7 Å². The Bertz CT molecular complexity index is 1050. The summed E-state index contributed by atoms with van der Waals surface area (Å²) in [6, 6.07) is 18.7. The van der Waals surface area contributed by atoms with Gasteiger partial charge in [0.15, 0.2) is 0 Å². The first-order chi connectivity index (χ1) is 16.8. The lowest BCUT2D eigenvalue weighted by atomic mass is 9.41. The molecule has 0 amide bonds. The number of rotatable bonds is 4. The van der Waals surface area contributed by atoms with Crippen molar-refractivity contribution in [3.05, 3.63) is 71.8 Å². The predicted octanol–water partition coefficient (Wildman–Crippen LogP) is 7.09. The van der Waals surface area contributed by atoms with Crippen LogP contribution in [0, 0.1) is 28.6 Å². The quantitative estimate of drug-likeness (QED) is 0.444. The fraction of sp³-hybridized carbons (Fsp3) is 0.548. The van der Waals surface area contributed by atoms with Gasteiger partial charge in [0.05, 0.1) is 11.1 Å². The first-order valence-electron chi connectivity index (χ1n) is 13.3. The van der Waals surface area contributed by atoms with Gasteiger partial charge in [-0.1, -0.05) is 57.2 Å². The number of ether oxygens (including phenoxy) is 2. The maximum atomic E-state index is 12.8. The second kappa shape index (κ2) is 9.44. The van der Waals surface area contributed by atoms with Crippen LogP contribution >= 0.6 is 0 Å². The van der Waals surface area contributed by atoms with Crippen molar-refractivity contribution < 1.29 is 19.1 Å². The Balaban J connectivity index is 1.25. The highest BCUT2D eigenvalue weighted by Gasteiger charge is 2.61. The molecule has 0 aromatic heterocycles. The van der Waals surface area contributed by atoms with E-state index in [0.29, 0.717) is 28.9 Å². The van der Waals surface area contributed by atoms with Crippen LogP contribution in [0.4, 0.5) is 0 Å². The van der Waals surface area contributed by atoms with Gasteiger partial charge in [-0.15, -0.1) is 0 Å². The van der Waals surface area contributed by atoms with E-state index in [1.807, 2.05) is 60.7 Å². The summed E-state index contributed by atoms with van der Waals surface area (Å²) in [6.07, 6.45) is 7.24. The fourth-order valence-corrected chi connectivity index (χ4v) is 7.80. The zero-order chi connectivity index (χ0) is 24.6. The van der Waals surface area contributed by atoms with Gasteiger partial charge in [0.2, 0.25) is 0 Å². The molecule has 2 aromatic rings. The number of carbonyl (C=O) groups is 2. The molecule has 186 valence electrons. The van der Waals surface area contributed by atoms with E-state index < -0.39 is 0 Å². The minimum absolute atomic E-state index is 0.00141. The summed E-state index contributed by atoms with van der Waals surface area (Å²) < 4.78 is 12.0. The largest absolute Gasteiger partial charge is 0.459 e. The summed E-state index contributed by atoms with van der Waals surface area (Å²) in [5, 5.41) is 0. The van der Waals surface area contributed by atoms with Gasteiger partial charge in [0.1, 0.15) is 12.2 Å². The van der Waals surface area contributed by atoms with Gasteiger partial charge < -0.3 is 9.47 Å². The van der Waals surface area contributed by atoms with Gasteiger partial charge >= 0.3 is 11.9 Å². The highest BCUT2D eigenvalue weighted by molar-refractivity contribution is 5.89. The summed E-state index contributed by atoms with van der Waals surface area (Å²) >= 11 is 0. The highest BCUT2D eigenvalue weighted by atomic mass is 16.5. The molecule has 2 aromatic carbocycles. The van der Waals surface area contributed by atoms with Crippen molar-refractivity contribution in [2.24, 2.45) is 28.6 Å². The lowest BCUT2D eigenvalue weighted by Crippen LogP contribution is -2.59. The molecular weight excluding hydrogens is 436 g/mol. The summed E-state index contributed by atoms with van der Waals surface area (Å²) in [6.45, 7) is 7.27. The third-order valence-electron chi connectivity index (χ3n) is 10.1. The topological polar surface area (TPSA) is 52.6 Å².